The predicted molar refractivity (Wildman–Crippen MR) is 76.0 cm³/mol. The van der Waals surface area contributed by atoms with Gasteiger partial charge in [-0.15, -0.1) is 0 Å². The molecule has 16 heteroatoms. The Morgan fingerprint density at radius 3 is 1.00 bits per heavy atom. The number of rotatable bonds is 10. The number of hydrogen-bond acceptors (Lipinski definition) is 3. The van der Waals surface area contributed by atoms with Crippen molar-refractivity contribution in [2.24, 2.45) is 0 Å². The van der Waals surface area contributed by atoms with E-state index in [4.69, 9.17) is 0 Å². The maximum Gasteiger partial charge on any atom is 0.533 e. The molecular weight excluding hydrogens is 460 g/mol. The highest BCUT2D eigenvalue weighted by Crippen LogP contribution is 2.73. The average molecular weight is 478 g/mol. The Balaban J connectivity index is 7.74. The molecule has 0 saturated heterocycles. The summed E-state index contributed by atoms with van der Waals surface area (Å²) in [4.78, 5) is 0. The normalized spacial score (nSPS) is 15.7. The minimum atomic E-state index is -7.50. The second-order valence-electron chi connectivity index (χ2n) is 5.64. The van der Waals surface area contributed by atoms with Gasteiger partial charge in [-0.2, -0.15) is 52.7 Å². The van der Waals surface area contributed by atoms with E-state index >= 15 is 0 Å². The Morgan fingerprint density at radius 1 is 0.552 bits per heavy atom. The van der Waals surface area contributed by atoms with E-state index in [2.05, 4.69) is 13.3 Å². The fraction of sp³-hybridized carbons (Fsp3) is 1.00. The van der Waals surface area contributed by atoms with Crippen LogP contribution in [-0.2, 0) is 13.3 Å². The quantitative estimate of drug-likeness (QED) is 0.292. The standard InChI is InChI=1S/C13H18F12O3Si/c1-5-26-29(27-6-2,28-7-3)9(12(20,21)22,13(23,24)25)11(18,19)10(16,17)8(4,14)15/h5-7H2,1-4H3. The first-order valence-corrected chi connectivity index (χ1v) is 9.59. The van der Waals surface area contributed by atoms with Crippen LogP contribution in [0.25, 0.3) is 0 Å². The minimum absolute atomic E-state index is 0.752. The summed E-state index contributed by atoms with van der Waals surface area (Å²) in [5, 5.41) is -6.91. The lowest BCUT2D eigenvalue weighted by molar-refractivity contribution is -0.402. The highest BCUT2D eigenvalue weighted by molar-refractivity contribution is 6.65. The molecule has 0 amide bonds. The van der Waals surface area contributed by atoms with E-state index in [1.54, 1.807) is 0 Å². The zero-order valence-electron chi connectivity index (χ0n) is 15.4. The van der Waals surface area contributed by atoms with Gasteiger partial charge in [-0.1, -0.05) is 0 Å². The van der Waals surface area contributed by atoms with Crippen LogP contribution in [0, 0.1) is 0 Å². The predicted octanol–water partition coefficient (Wildman–Crippen LogP) is 5.83. The van der Waals surface area contributed by atoms with Gasteiger partial charge in [0.1, 0.15) is 0 Å². The Labute approximate surface area is 158 Å². The van der Waals surface area contributed by atoms with Crippen molar-refractivity contribution >= 4 is 8.80 Å². The lowest BCUT2D eigenvalue weighted by Gasteiger charge is -2.51. The summed E-state index contributed by atoms with van der Waals surface area (Å²) in [7, 11) is -6.98. The third kappa shape index (κ3) is 4.08. The van der Waals surface area contributed by atoms with Crippen LogP contribution in [0.3, 0.4) is 0 Å². The van der Waals surface area contributed by atoms with Gasteiger partial charge in [-0.3, -0.25) is 0 Å². The molecule has 0 saturated carbocycles. The smallest absolute Gasteiger partial charge is 0.373 e. The van der Waals surface area contributed by atoms with Gasteiger partial charge in [0.05, 0.1) is 0 Å². The molecule has 176 valence electrons. The summed E-state index contributed by atoms with van der Waals surface area (Å²) < 4.78 is 179. The topological polar surface area (TPSA) is 27.7 Å². The van der Waals surface area contributed by atoms with Crippen molar-refractivity contribution < 1.29 is 66.0 Å². The summed E-state index contributed by atoms with van der Waals surface area (Å²) in [5.41, 5.74) is 0. The molecule has 0 N–H and O–H groups in total. The van der Waals surface area contributed by atoms with Gasteiger partial charge in [0.25, 0.3) is 5.04 Å². The molecule has 0 aliphatic carbocycles. The van der Waals surface area contributed by atoms with Crippen molar-refractivity contribution in [1.82, 2.24) is 0 Å². The zero-order chi connectivity index (χ0) is 23.7. The van der Waals surface area contributed by atoms with Crippen LogP contribution in [0.2, 0.25) is 5.04 Å². The zero-order valence-corrected chi connectivity index (χ0v) is 16.4. The molecule has 0 heterocycles. The van der Waals surface area contributed by atoms with Gasteiger partial charge in [-0.05, 0) is 20.8 Å². The van der Waals surface area contributed by atoms with Crippen LogP contribution in [0.4, 0.5) is 52.7 Å². The van der Waals surface area contributed by atoms with Crippen LogP contribution < -0.4 is 0 Å². The SMILES string of the molecule is CCO[Si](OCC)(OCC)C(C(F)(F)F)(C(F)(F)F)C(F)(F)C(F)(F)C(C)(F)F. The largest absolute Gasteiger partial charge is 0.533 e. The van der Waals surface area contributed by atoms with Crippen LogP contribution >= 0.6 is 0 Å². The molecule has 0 spiro atoms. The first kappa shape index (κ1) is 28.3. The van der Waals surface area contributed by atoms with Crippen molar-refractivity contribution in [3.05, 3.63) is 0 Å². The monoisotopic (exact) mass is 478 g/mol. The fourth-order valence-electron chi connectivity index (χ4n) is 2.59. The first-order chi connectivity index (χ1) is 12.7. The Kier molecular flexibility index (Phi) is 8.20. The maximum absolute atomic E-state index is 14.6. The Hall–Kier alpha value is -0.743. The third-order valence-electron chi connectivity index (χ3n) is 3.73. The highest BCUT2D eigenvalue weighted by atomic mass is 28.4. The van der Waals surface area contributed by atoms with Crippen molar-refractivity contribution in [3.63, 3.8) is 0 Å². The van der Waals surface area contributed by atoms with Crippen LogP contribution in [0.5, 0.6) is 0 Å². The summed E-state index contributed by atoms with van der Waals surface area (Å²) in [5.74, 6) is -20.6. The molecule has 0 atom stereocenters. The first-order valence-electron chi connectivity index (χ1n) is 7.87. The lowest BCUT2D eigenvalue weighted by atomic mass is 9.89. The molecule has 0 rings (SSSR count). The summed E-state index contributed by atoms with van der Waals surface area (Å²) in [6.07, 6.45) is -14.6. The lowest BCUT2D eigenvalue weighted by Crippen LogP contribution is -2.78. The molecule has 0 bridgehead atoms. The molecule has 0 fully saturated rings. The Bertz CT molecular complexity index is 506. The second kappa shape index (κ2) is 8.41. The Morgan fingerprint density at radius 2 is 0.828 bits per heavy atom. The van der Waals surface area contributed by atoms with Crippen LogP contribution in [0.15, 0.2) is 0 Å². The van der Waals surface area contributed by atoms with Gasteiger partial charge in [-0.25, -0.2) is 0 Å². The van der Waals surface area contributed by atoms with E-state index in [9.17, 15) is 52.7 Å². The van der Waals surface area contributed by atoms with Gasteiger partial charge in [0.15, 0.2) is 0 Å². The fourth-order valence-corrected chi connectivity index (χ4v) is 5.86. The summed E-state index contributed by atoms with van der Waals surface area (Å²) in [6.45, 7) is -2.21. The molecule has 0 aliphatic heterocycles. The number of hydrogen-bond donors (Lipinski definition) is 0. The molecule has 29 heavy (non-hydrogen) atoms. The van der Waals surface area contributed by atoms with Gasteiger partial charge in [0.2, 0.25) is 0 Å². The van der Waals surface area contributed by atoms with Crippen molar-refractivity contribution in [3.8, 4) is 0 Å². The van der Waals surface area contributed by atoms with Crippen molar-refractivity contribution in [1.29, 1.82) is 0 Å². The number of halogens is 12. The van der Waals surface area contributed by atoms with E-state index < -0.39 is 70.7 Å². The van der Waals surface area contributed by atoms with E-state index in [0.29, 0.717) is 0 Å². The molecular formula is C13H18F12O3Si. The third-order valence-corrected chi connectivity index (χ3v) is 7.54. The molecule has 0 aromatic rings. The number of alkyl halides is 12. The van der Waals surface area contributed by atoms with Crippen LogP contribution in [0.1, 0.15) is 27.7 Å². The molecule has 0 radical (unpaired) electrons. The van der Waals surface area contributed by atoms with Gasteiger partial charge < -0.3 is 13.3 Å². The minimum Gasteiger partial charge on any atom is -0.373 e. The van der Waals surface area contributed by atoms with Crippen molar-refractivity contribution in [2.45, 2.75) is 62.9 Å². The highest BCUT2D eigenvalue weighted by Gasteiger charge is 3.00. The van der Waals surface area contributed by atoms with Gasteiger partial charge in [0, 0.05) is 26.7 Å². The molecule has 3 nitrogen and oxygen atoms in total. The van der Waals surface area contributed by atoms with Crippen LogP contribution in [-0.4, -0.2) is 58.7 Å². The van der Waals surface area contributed by atoms with Crippen molar-refractivity contribution in [2.75, 3.05) is 19.8 Å². The van der Waals surface area contributed by atoms with E-state index in [-0.39, 0.29) is 0 Å². The van der Waals surface area contributed by atoms with Gasteiger partial charge >= 0.3 is 38.9 Å². The summed E-state index contributed by atoms with van der Waals surface area (Å²) >= 11 is 0. The molecule has 0 aliphatic rings. The van der Waals surface area contributed by atoms with E-state index in [1.807, 2.05) is 0 Å². The second-order valence-corrected chi connectivity index (χ2v) is 8.37. The van der Waals surface area contributed by atoms with E-state index in [0.717, 1.165) is 20.8 Å². The molecule has 0 aromatic heterocycles. The summed E-state index contributed by atoms with van der Waals surface area (Å²) in [6, 6.07) is 0. The maximum atomic E-state index is 14.6. The molecule has 0 unspecified atom stereocenters. The molecule has 0 aromatic carbocycles. The van der Waals surface area contributed by atoms with E-state index in [1.165, 1.54) is 0 Å². The average Bonchev–Trinajstić information content (AvgIpc) is 2.43.